The molecule has 0 aromatic heterocycles. The van der Waals surface area contributed by atoms with Crippen molar-refractivity contribution in [2.45, 2.75) is 38.2 Å². The van der Waals surface area contributed by atoms with Gasteiger partial charge in [-0.1, -0.05) is 19.8 Å². The molecule has 60 valence electrons. The Morgan fingerprint density at radius 2 is 2.30 bits per heavy atom. The average molecular weight is 144 g/mol. The average Bonchev–Trinajstić information content (AvgIpc) is 1.87. The summed E-state index contributed by atoms with van der Waals surface area (Å²) in [4.78, 5) is 0. The maximum Gasteiger partial charge on any atom is 0.0934 e. The molecule has 1 fully saturated rings. The molecular formula is C8H16O2. The van der Waals surface area contributed by atoms with Crippen molar-refractivity contribution in [2.24, 2.45) is 0 Å². The molecule has 1 rings (SSSR count). The first-order valence-electron chi connectivity index (χ1n) is 4.08. The van der Waals surface area contributed by atoms with Crippen LogP contribution in [0.2, 0.25) is 0 Å². The molecule has 0 spiro atoms. The van der Waals surface area contributed by atoms with Crippen LogP contribution < -0.4 is 0 Å². The monoisotopic (exact) mass is 144 g/mol. The zero-order valence-corrected chi connectivity index (χ0v) is 6.60. The summed E-state index contributed by atoms with van der Waals surface area (Å²) in [5.74, 6) is 0. The van der Waals surface area contributed by atoms with Gasteiger partial charge in [-0.25, -0.2) is 0 Å². The van der Waals surface area contributed by atoms with Crippen molar-refractivity contribution in [3.8, 4) is 0 Å². The summed E-state index contributed by atoms with van der Waals surface area (Å²) < 4.78 is 5.32. The Labute approximate surface area is 62.2 Å². The molecule has 0 amide bonds. The first-order chi connectivity index (χ1) is 4.83. The number of hydrogen-bond acceptors (Lipinski definition) is 2. The SMILES string of the molecule is CCCCC1(CO)CCO1. The molecule has 1 N–H and O–H groups in total. The van der Waals surface area contributed by atoms with Crippen molar-refractivity contribution in [3.63, 3.8) is 0 Å². The topological polar surface area (TPSA) is 29.5 Å². The Morgan fingerprint density at radius 3 is 2.60 bits per heavy atom. The van der Waals surface area contributed by atoms with Crippen LogP contribution in [0.3, 0.4) is 0 Å². The number of ether oxygens (including phenoxy) is 1. The summed E-state index contributed by atoms with van der Waals surface area (Å²) in [5, 5.41) is 8.94. The third-order valence-electron chi connectivity index (χ3n) is 2.24. The van der Waals surface area contributed by atoms with Gasteiger partial charge in [0.1, 0.15) is 0 Å². The van der Waals surface area contributed by atoms with Crippen LogP contribution in [0.5, 0.6) is 0 Å². The van der Waals surface area contributed by atoms with Gasteiger partial charge >= 0.3 is 0 Å². The van der Waals surface area contributed by atoms with E-state index in [0.717, 1.165) is 19.4 Å². The minimum atomic E-state index is -0.129. The third kappa shape index (κ3) is 1.50. The molecule has 0 aromatic carbocycles. The highest BCUT2D eigenvalue weighted by atomic mass is 16.5. The summed E-state index contributed by atoms with van der Waals surface area (Å²) in [7, 11) is 0. The Hall–Kier alpha value is -0.0800. The van der Waals surface area contributed by atoms with Crippen LogP contribution in [-0.4, -0.2) is 23.9 Å². The minimum absolute atomic E-state index is 0.129. The van der Waals surface area contributed by atoms with Crippen LogP contribution >= 0.6 is 0 Å². The molecular weight excluding hydrogens is 128 g/mol. The Balaban J connectivity index is 2.20. The van der Waals surface area contributed by atoms with E-state index in [4.69, 9.17) is 9.84 Å². The van der Waals surface area contributed by atoms with E-state index in [9.17, 15) is 0 Å². The lowest BCUT2D eigenvalue weighted by molar-refractivity contribution is -0.174. The molecule has 1 unspecified atom stereocenters. The van der Waals surface area contributed by atoms with Crippen LogP contribution in [0.15, 0.2) is 0 Å². The molecule has 2 heteroatoms. The summed E-state index contributed by atoms with van der Waals surface area (Å²) in [6, 6.07) is 0. The van der Waals surface area contributed by atoms with Gasteiger partial charge in [-0.2, -0.15) is 0 Å². The van der Waals surface area contributed by atoms with Crippen molar-refractivity contribution < 1.29 is 9.84 Å². The summed E-state index contributed by atoms with van der Waals surface area (Å²) in [6.45, 7) is 3.20. The Bertz CT molecular complexity index is 91.9. The highest BCUT2D eigenvalue weighted by Gasteiger charge is 2.36. The molecule has 1 aliphatic heterocycles. The highest BCUT2D eigenvalue weighted by molar-refractivity contribution is 4.86. The van der Waals surface area contributed by atoms with Gasteiger partial charge in [0.15, 0.2) is 0 Å². The summed E-state index contributed by atoms with van der Waals surface area (Å²) >= 11 is 0. The fraction of sp³-hybridized carbons (Fsp3) is 1.00. The molecule has 0 aromatic rings. The molecule has 1 atom stereocenters. The van der Waals surface area contributed by atoms with Gasteiger partial charge in [0.2, 0.25) is 0 Å². The molecule has 0 bridgehead atoms. The normalized spacial score (nSPS) is 31.8. The molecule has 0 aliphatic carbocycles. The molecule has 0 saturated carbocycles. The van der Waals surface area contributed by atoms with Gasteiger partial charge in [0.05, 0.1) is 18.8 Å². The quantitative estimate of drug-likeness (QED) is 0.645. The zero-order chi connectivity index (χ0) is 7.45. The first-order valence-corrected chi connectivity index (χ1v) is 4.08. The van der Waals surface area contributed by atoms with Crippen LogP contribution in [0.1, 0.15) is 32.6 Å². The first kappa shape index (κ1) is 8.02. The number of unbranched alkanes of at least 4 members (excludes halogenated alkanes) is 1. The van der Waals surface area contributed by atoms with Crippen molar-refractivity contribution in [1.29, 1.82) is 0 Å². The van der Waals surface area contributed by atoms with E-state index in [1.54, 1.807) is 0 Å². The van der Waals surface area contributed by atoms with Crippen LogP contribution in [0, 0.1) is 0 Å². The lowest BCUT2D eigenvalue weighted by Crippen LogP contribution is -2.46. The van der Waals surface area contributed by atoms with E-state index in [2.05, 4.69) is 6.92 Å². The second-order valence-electron chi connectivity index (χ2n) is 3.04. The summed E-state index contributed by atoms with van der Waals surface area (Å²) in [6.07, 6.45) is 4.43. The predicted molar refractivity (Wildman–Crippen MR) is 39.9 cm³/mol. The second-order valence-corrected chi connectivity index (χ2v) is 3.04. The van der Waals surface area contributed by atoms with Crippen molar-refractivity contribution in [3.05, 3.63) is 0 Å². The van der Waals surface area contributed by atoms with Gasteiger partial charge < -0.3 is 9.84 Å². The zero-order valence-electron chi connectivity index (χ0n) is 6.60. The Kier molecular flexibility index (Phi) is 2.69. The van der Waals surface area contributed by atoms with Crippen molar-refractivity contribution in [1.82, 2.24) is 0 Å². The van der Waals surface area contributed by atoms with E-state index < -0.39 is 0 Å². The van der Waals surface area contributed by atoms with Gasteiger partial charge in [-0.3, -0.25) is 0 Å². The van der Waals surface area contributed by atoms with E-state index in [1.165, 1.54) is 12.8 Å². The largest absolute Gasteiger partial charge is 0.393 e. The number of rotatable bonds is 4. The van der Waals surface area contributed by atoms with Crippen LogP contribution in [0.25, 0.3) is 0 Å². The third-order valence-corrected chi connectivity index (χ3v) is 2.24. The van der Waals surface area contributed by atoms with Gasteiger partial charge in [0.25, 0.3) is 0 Å². The van der Waals surface area contributed by atoms with Crippen LogP contribution in [-0.2, 0) is 4.74 Å². The molecule has 10 heavy (non-hydrogen) atoms. The smallest absolute Gasteiger partial charge is 0.0934 e. The van der Waals surface area contributed by atoms with Crippen molar-refractivity contribution in [2.75, 3.05) is 13.2 Å². The van der Waals surface area contributed by atoms with Gasteiger partial charge in [-0.15, -0.1) is 0 Å². The molecule has 1 saturated heterocycles. The van der Waals surface area contributed by atoms with Gasteiger partial charge in [0, 0.05) is 6.42 Å². The van der Waals surface area contributed by atoms with Crippen molar-refractivity contribution >= 4 is 0 Å². The van der Waals surface area contributed by atoms with E-state index in [0.29, 0.717) is 0 Å². The number of aliphatic hydroxyl groups excluding tert-OH is 1. The standard InChI is InChI=1S/C8H16O2/c1-2-3-4-8(7-9)5-6-10-8/h9H,2-7H2,1H3. The fourth-order valence-corrected chi connectivity index (χ4v) is 1.29. The molecule has 0 radical (unpaired) electrons. The predicted octanol–water partition coefficient (Wildman–Crippen LogP) is 1.33. The van der Waals surface area contributed by atoms with Crippen LogP contribution in [0.4, 0.5) is 0 Å². The molecule has 1 aliphatic rings. The maximum absolute atomic E-state index is 8.94. The number of hydrogen-bond donors (Lipinski definition) is 1. The molecule has 1 heterocycles. The maximum atomic E-state index is 8.94. The Morgan fingerprint density at radius 1 is 1.60 bits per heavy atom. The number of aliphatic hydroxyl groups is 1. The summed E-state index contributed by atoms with van der Waals surface area (Å²) in [5.41, 5.74) is -0.129. The molecule has 2 nitrogen and oxygen atoms in total. The lowest BCUT2D eigenvalue weighted by Gasteiger charge is -2.40. The van der Waals surface area contributed by atoms with Gasteiger partial charge in [-0.05, 0) is 6.42 Å². The highest BCUT2D eigenvalue weighted by Crippen LogP contribution is 2.30. The minimum Gasteiger partial charge on any atom is -0.393 e. The second kappa shape index (κ2) is 3.35. The lowest BCUT2D eigenvalue weighted by atomic mass is 9.90. The van der Waals surface area contributed by atoms with E-state index in [-0.39, 0.29) is 12.2 Å². The van der Waals surface area contributed by atoms with E-state index in [1.807, 2.05) is 0 Å². The fourth-order valence-electron chi connectivity index (χ4n) is 1.29. The van der Waals surface area contributed by atoms with E-state index >= 15 is 0 Å².